The normalized spacial score (nSPS) is 14.9. The second kappa shape index (κ2) is 6.23. The summed E-state index contributed by atoms with van der Waals surface area (Å²) in [5.41, 5.74) is 3.67. The summed E-state index contributed by atoms with van der Waals surface area (Å²) < 4.78 is 0. The van der Waals surface area contributed by atoms with E-state index in [0.717, 1.165) is 43.6 Å². The van der Waals surface area contributed by atoms with Gasteiger partial charge >= 0.3 is 0 Å². The van der Waals surface area contributed by atoms with Crippen molar-refractivity contribution >= 4 is 0 Å². The average Bonchev–Trinajstić information content (AvgIpc) is 2.82. The lowest BCUT2D eigenvalue weighted by molar-refractivity contribution is 0.0698. The minimum Gasteiger partial charge on any atom is -0.380 e. The van der Waals surface area contributed by atoms with E-state index in [0.29, 0.717) is 0 Å². The molecule has 1 aliphatic carbocycles. The third-order valence-corrected chi connectivity index (χ3v) is 4.94. The van der Waals surface area contributed by atoms with E-state index < -0.39 is 5.60 Å². The molecule has 0 aliphatic heterocycles. The molecule has 3 rings (SSSR count). The highest BCUT2D eigenvalue weighted by molar-refractivity contribution is 5.79. The number of benzene rings is 2. The summed E-state index contributed by atoms with van der Waals surface area (Å²) in [6.45, 7) is 7.57. The van der Waals surface area contributed by atoms with Crippen molar-refractivity contribution in [2.45, 2.75) is 32.3 Å². The molecule has 2 heteroatoms. The van der Waals surface area contributed by atoms with Crippen LogP contribution in [0.5, 0.6) is 0 Å². The first-order valence-electron chi connectivity index (χ1n) is 8.34. The molecule has 0 spiro atoms. The molecule has 0 atom stereocenters. The van der Waals surface area contributed by atoms with Crippen LogP contribution in [-0.4, -0.2) is 29.6 Å². The van der Waals surface area contributed by atoms with Gasteiger partial charge in [-0.25, -0.2) is 0 Å². The molecule has 0 fully saturated rings. The van der Waals surface area contributed by atoms with Crippen LogP contribution < -0.4 is 0 Å². The highest BCUT2D eigenvalue weighted by atomic mass is 16.3. The number of hydrogen-bond acceptors (Lipinski definition) is 2. The Bertz CT molecular complexity index is 600. The molecule has 0 saturated heterocycles. The maximum absolute atomic E-state index is 11.4. The number of fused-ring (bicyclic) bond motifs is 3. The SMILES string of the molecule is CCN(CC)CCCC1(O)c2ccccc2-c2ccccc21. The fraction of sp³-hybridized carbons (Fsp3) is 0.400. The Labute approximate surface area is 133 Å². The van der Waals surface area contributed by atoms with E-state index in [9.17, 15) is 5.11 Å². The first-order valence-corrected chi connectivity index (χ1v) is 8.34. The van der Waals surface area contributed by atoms with Crippen molar-refractivity contribution in [2.75, 3.05) is 19.6 Å². The first-order chi connectivity index (χ1) is 10.7. The molecule has 22 heavy (non-hydrogen) atoms. The van der Waals surface area contributed by atoms with Gasteiger partial charge in [0.15, 0.2) is 0 Å². The summed E-state index contributed by atoms with van der Waals surface area (Å²) in [5, 5.41) is 11.4. The number of nitrogens with zero attached hydrogens (tertiary/aromatic N) is 1. The molecule has 116 valence electrons. The lowest BCUT2D eigenvalue weighted by atomic mass is 9.87. The van der Waals surface area contributed by atoms with Gasteiger partial charge in [-0.1, -0.05) is 62.4 Å². The van der Waals surface area contributed by atoms with Crippen molar-refractivity contribution in [1.29, 1.82) is 0 Å². The second-order valence-corrected chi connectivity index (χ2v) is 6.08. The van der Waals surface area contributed by atoms with Gasteiger partial charge in [-0.2, -0.15) is 0 Å². The van der Waals surface area contributed by atoms with Gasteiger partial charge in [0, 0.05) is 0 Å². The van der Waals surface area contributed by atoms with Gasteiger partial charge in [0.2, 0.25) is 0 Å². The van der Waals surface area contributed by atoms with Crippen LogP contribution in [0.2, 0.25) is 0 Å². The predicted octanol–water partition coefficient (Wildman–Crippen LogP) is 4.02. The quantitative estimate of drug-likeness (QED) is 0.870. The van der Waals surface area contributed by atoms with Crippen molar-refractivity contribution < 1.29 is 5.11 Å². The van der Waals surface area contributed by atoms with Crippen molar-refractivity contribution in [3.63, 3.8) is 0 Å². The number of hydrogen-bond donors (Lipinski definition) is 1. The highest BCUT2D eigenvalue weighted by Crippen LogP contribution is 2.49. The van der Waals surface area contributed by atoms with E-state index in [4.69, 9.17) is 0 Å². The molecule has 0 bridgehead atoms. The van der Waals surface area contributed by atoms with E-state index in [1.54, 1.807) is 0 Å². The smallest absolute Gasteiger partial charge is 0.116 e. The Morgan fingerprint density at radius 2 is 1.36 bits per heavy atom. The molecule has 0 unspecified atom stereocenters. The minimum absolute atomic E-state index is 0.775. The van der Waals surface area contributed by atoms with Gasteiger partial charge < -0.3 is 10.0 Å². The minimum atomic E-state index is -0.833. The van der Waals surface area contributed by atoms with Crippen LogP contribution in [0.3, 0.4) is 0 Å². The second-order valence-electron chi connectivity index (χ2n) is 6.08. The van der Waals surface area contributed by atoms with Gasteiger partial charge in [0.25, 0.3) is 0 Å². The summed E-state index contributed by atoms with van der Waals surface area (Å²) >= 11 is 0. The van der Waals surface area contributed by atoms with Crippen LogP contribution in [-0.2, 0) is 5.60 Å². The van der Waals surface area contributed by atoms with Crippen molar-refractivity contribution in [1.82, 2.24) is 4.90 Å². The Morgan fingerprint density at radius 3 is 1.86 bits per heavy atom. The van der Waals surface area contributed by atoms with Crippen molar-refractivity contribution in [3.05, 3.63) is 59.7 Å². The Morgan fingerprint density at radius 1 is 0.864 bits per heavy atom. The van der Waals surface area contributed by atoms with E-state index >= 15 is 0 Å². The Balaban J connectivity index is 1.89. The fourth-order valence-corrected chi connectivity index (χ4v) is 3.67. The standard InChI is InChI=1S/C20H25NO/c1-3-21(4-2)15-9-14-20(22)18-12-7-5-10-16(18)17-11-6-8-13-19(17)20/h5-8,10-13,22H,3-4,9,14-15H2,1-2H3. The molecule has 2 nitrogen and oxygen atoms in total. The molecule has 0 heterocycles. The molecule has 2 aromatic rings. The van der Waals surface area contributed by atoms with E-state index in [1.165, 1.54) is 11.1 Å². The van der Waals surface area contributed by atoms with E-state index in [2.05, 4.69) is 55.1 Å². The van der Waals surface area contributed by atoms with Gasteiger partial charge in [0.05, 0.1) is 0 Å². The van der Waals surface area contributed by atoms with Crippen LogP contribution in [0.15, 0.2) is 48.5 Å². The van der Waals surface area contributed by atoms with E-state index in [-0.39, 0.29) is 0 Å². The third-order valence-electron chi connectivity index (χ3n) is 4.94. The van der Waals surface area contributed by atoms with Crippen molar-refractivity contribution in [3.8, 4) is 11.1 Å². The van der Waals surface area contributed by atoms with Gasteiger partial charge in [-0.05, 0) is 54.7 Å². The summed E-state index contributed by atoms with van der Waals surface area (Å²) in [5.74, 6) is 0. The molecule has 1 aliphatic rings. The van der Waals surface area contributed by atoms with Crippen LogP contribution in [0.4, 0.5) is 0 Å². The molecule has 0 aromatic heterocycles. The first kappa shape index (κ1) is 15.3. The molecule has 2 aromatic carbocycles. The fourth-order valence-electron chi connectivity index (χ4n) is 3.67. The predicted molar refractivity (Wildman–Crippen MR) is 91.9 cm³/mol. The zero-order chi connectivity index (χ0) is 15.6. The topological polar surface area (TPSA) is 23.5 Å². The van der Waals surface area contributed by atoms with Crippen molar-refractivity contribution in [2.24, 2.45) is 0 Å². The molecular weight excluding hydrogens is 270 g/mol. The van der Waals surface area contributed by atoms with Gasteiger partial charge in [0.1, 0.15) is 5.60 Å². The van der Waals surface area contributed by atoms with Crippen LogP contribution >= 0.6 is 0 Å². The summed E-state index contributed by atoms with van der Waals surface area (Å²) in [6.07, 6.45) is 1.78. The van der Waals surface area contributed by atoms with Crippen LogP contribution in [0.1, 0.15) is 37.8 Å². The maximum atomic E-state index is 11.4. The van der Waals surface area contributed by atoms with Crippen LogP contribution in [0.25, 0.3) is 11.1 Å². The maximum Gasteiger partial charge on any atom is 0.116 e. The average molecular weight is 295 g/mol. The molecular formula is C20H25NO. The molecule has 0 radical (unpaired) electrons. The monoisotopic (exact) mass is 295 g/mol. The molecule has 0 amide bonds. The lowest BCUT2D eigenvalue weighted by Gasteiger charge is -2.27. The summed E-state index contributed by atoms with van der Waals surface area (Å²) in [7, 11) is 0. The van der Waals surface area contributed by atoms with Crippen LogP contribution in [0, 0.1) is 0 Å². The highest BCUT2D eigenvalue weighted by Gasteiger charge is 2.40. The molecule has 1 N–H and O–H groups in total. The Kier molecular flexibility index (Phi) is 4.32. The zero-order valence-corrected chi connectivity index (χ0v) is 13.5. The third kappa shape index (κ3) is 2.47. The Hall–Kier alpha value is -1.64. The lowest BCUT2D eigenvalue weighted by Crippen LogP contribution is -2.29. The number of aliphatic hydroxyl groups is 1. The summed E-state index contributed by atoms with van der Waals surface area (Å²) in [6, 6.07) is 16.6. The van der Waals surface area contributed by atoms with E-state index in [1.807, 2.05) is 12.1 Å². The largest absolute Gasteiger partial charge is 0.380 e. The molecule has 0 saturated carbocycles. The zero-order valence-electron chi connectivity index (χ0n) is 13.5. The van der Waals surface area contributed by atoms with Gasteiger partial charge in [-0.15, -0.1) is 0 Å². The van der Waals surface area contributed by atoms with Gasteiger partial charge in [-0.3, -0.25) is 0 Å². The summed E-state index contributed by atoms with van der Waals surface area (Å²) in [4.78, 5) is 2.41. The number of rotatable bonds is 6.